The maximum Gasteiger partial charge on any atom is 0.131 e. The zero-order valence-electron chi connectivity index (χ0n) is 11.6. The Kier molecular flexibility index (Phi) is 3.80. The van der Waals surface area contributed by atoms with E-state index in [2.05, 4.69) is 36.7 Å². The van der Waals surface area contributed by atoms with Crippen molar-refractivity contribution in [2.75, 3.05) is 14.2 Å². The Bertz CT molecular complexity index is 529. The molecule has 3 nitrogen and oxygen atoms in total. The van der Waals surface area contributed by atoms with E-state index in [0.29, 0.717) is 5.92 Å². The van der Waals surface area contributed by atoms with Crippen molar-refractivity contribution in [1.82, 2.24) is 4.57 Å². The van der Waals surface area contributed by atoms with Gasteiger partial charge in [0, 0.05) is 30.3 Å². The summed E-state index contributed by atoms with van der Waals surface area (Å²) in [6, 6.07) is 6.10. The zero-order chi connectivity index (χ0) is 13.1. The van der Waals surface area contributed by atoms with Gasteiger partial charge in [0.05, 0.1) is 19.7 Å². The van der Waals surface area contributed by atoms with Crippen molar-refractivity contribution in [3.8, 4) is 11.5 Å². The van der Waals surface area contributed by atoms with Crippen LogP contribution in [0.1, 0.15) is 20.3 Å². The molecule has 0 radical (unpaired) electrons. The van der Waals surface area contributed by atoms with Crippen LogP contribution < -0.4 is 9.47 Å². The molecule has 0 atom stereocenters. The normalized spacial score (nSPS) is 11.2. The maximum absolute atomic E-state index is 5.42. The first kappa shape index (κ1) is 12.8. The minimum absolute atomic E-state index is 0.704. The molecule has 0 unspecified atom stereocenters. The van der Waals surface area contributed by atoms with Gasteiger partial charge in [-0.15, -0.1) is 0 Å². The number of fused-ring (bicyclic) bond motifs is 1. The lowest BCUT2D eigenvalue weighted by molar-refractivity contribution is 0.397. The summed E-state index contributed by atoms with van der Waals surface area (Å²) in [5.41, 5.74) is 1.17. The molecule has 0 spiro atoms. The minimum atomic E-state index is 0.704. The Morgan fingerprint density at radius 1 is 1.17 bits per heavy atom. The molecule has 0 saturated carbocycles. The van der Waals surface area contributed by atoms with Crippen LogP contribution in [0.2, 0.25) is 0 Å². The van der Waals surface area contributed by atoms with E-state index in [9.17, 15) is 0 Å². The molecule has 0 aliphatic carbocycles. The monoisotopic (exact) mass is 247 g/mol. The van der Waals surface area contributed by atoms with E-state index in [1.807, 2.05) is 6.07 Å². The number of nitrogens with zero attached hydrogens (tertiary/aromatic N) is 1. The summed E-state index contributed by atoms with van der Waals surface area (Å²) >= 11 is 0. The number of hydrogen-bond donors (Lipinski definition) is 0. The zero-order valence-corrected chi connectivity index (χ0v) is 11.6. The molecule has 1 aromatic carbocycles. The topological polar surface area (TPSA) is 23.4 Å². The Hall–Kier alpha value is -1.64. The van der Waals surface area contributed by atoms with Gasteiger partial charge in [0.15, 0.2) is 0 Å². The lowest BCUT2D eigenvalue weighted by Gasteiger charge is -2.10. The van der Waals surface area contributed by atoms with Crippen molar-refractivity contribution >= 4 is 10.9 Å². The molecule has 18 heavy (non-hydrogen) atoms. The van der Waals surface area contributed by atoms with Gasteiger partial charge in [-0.3, -0.25) is 0 Å². The second-order valence-corrected chi connectivity index (χ2v) is 4.95. The Labute approximate surface area is 108 Å². The molecule has 0 aliphatic rings. The minimum Gasteiger partial charge on any atom is -0.497 e. The molecule has 2 aromatic rings. The van der Waals surface area contributed by atoms with Crippen molar-refractivity contribution < 1.29 is 9.47 Å². The van der Waals surface area contributed by atoms with Gasteiger partial charge in [-0.2, -0.15) is 0 Å². The van der Waals surface area contributed by atoms with Gasteiger partial charge in [-0.25, -0.2) is 0 Å². The largest absolute Gasteiger partial charge is 0.497 e. The number of ether oxygens (including phenoxy) is 2. The predicted octanol–water partition coefficient (Wildman–Crippen LogP) is 3.70. The summed E-state index contributed by atoms with van der Waals surface area (Å²) < 4.78 is 13.0. The third kappa shape index (κ3) is 2.45. The molecule has 98 valence electrons. The lowest BCUT2D eigenvalue weighted by atomic mass is 10.1. The van der Waals surface area contributed by atoms with Crippen LogP contribution in [0.4, 0.5) is 0 Å². The SMILES string of the molecule is COc1cc(OC)c2ccn(CCC(C)C)c2c1. The summed E-state index contributed by atoms with van der Waals surface area (Å²) in [6.07, 6.45) is 3.29. The van der Waals surface area contributed by atoms with E-state index in [1.165, 1.54) is 11.9 Å². The number of rotatable bonds is 5. The summed E-state index contributed by atoms with van der Waals surface area (Å²) in [6.45, 7) is 5.51. The van der Waals surface area contributed by atoms with Crippen LogP contribution in [-0.2, 0) is 6.54 Å². The summed E-state index contributed by atoms with van der Waals surface area (Å²) in [5, 5.41) is 1.14. The van der Waals surface area contributed by atoms with Crippen LogP contribution in [0.5, 0.6) is 11.5 Å². The molecule has 1 heterocycles. The highest BCUT2D eigenvalue weighted by Gasteiger charge is 2.09. The highest BCUT2D eigenvalue weighted by atomic mass is 16.5. The Morgan fingerprint density at radius 2 is 1.94 bits per heavy atom. The van der Waals surface area contributed by atoms with Crippen LogP contribution in [0, 0.1) is 5.92 Å². The number of aromatic nitrogens is 1. The van der Waals surface area contributed by atoms with Gasteiger partial charge in [0.2, 0.25) is 0 Å². The fourth-order valence-corrected chi connectivity index (χ4v) is 2.12. The quantitative estimate of drug-likeness (QED) is 0.804. The fourth-order valence-electron chi connectivity index (χ4n) is 2.12. The van der Waals surface area contributed by atoms with E-state index >= 15 is 0 Å². The van der Waals surface area contributed by atoms with Crippen LogP contribution >= 0.6 is 0 Å². The van der Waals surface area contributed by atoms with E-state index in [4.69, 9.17) is 9.47 Å². The van der Waals surface area contributed by atoms with Gasteiger partial charge < -0.3 is 14.0 Å². The van der Waals surface area contributed by atoms with Gasteiger partial charge in [-0.1, -0.05) is 13.8 Å². The van der Waals surface area contributed by atoms with Crippen LogP contribution in [0.3, 0.4) is 0 Å². The maximum atomic E-state index is 5.42. The van der Waals surface area contributed by atoms with Gasteiger partial charge >= 0.3 is 0 Å². The fraction of sp³-hybridized carbons (Fsp3) is 0.467. The molecule has 0 bridgehead atoms. The molecule has 0 amide bonds. The first-order chi connectivity index (χ1) is 8.65. The smallest absolute Gasteiger partial charge is 0.131 e. The van der Waals surface area contributed by atoms with E-state index in [0.717, 1.165) is 23.4 Å². The highest BCUT2D eigenvalue weighted by Crippen LogP contribution is 2.32. The third-order valence-electron chi connectivity index (χ3n) is 3.23. The van der Waals surface area contributed by atoms with E-state index in [-0.39, 0.29) is 0 Å². The van der Waals surface area contributed by atoms with Crippen LogP contribution in [0.25, 0.3) is 10.9 Å². The standard InChI is InChI=1S/C15H21NO2/c1-11(2)5-7-16-8-6-13-14(16)9-12(17-3)10-15(13)18-4/h6,8-11H,5,7H2,1-4H3. The van der Waals surface area contributed by atoms with E-state index in [1.54, 1.807) is 14.2 Å². The number of benzene rings is 1. The van der Waals surface area contributed by atoms with Crippen molar-refractivity contribution in [3.63, 3.8) is 0 Å². The van der Waals surface area contributed by atoms with E-state index < -0.39 is 0 Å². The van der Waals surface area contributed by atoms with Crippen molar-refractivity contribution in [3.05, 3.63) is 24.4 Å². The molecule has 3 heteroatoms. The molecular weight excluding hydrogens is 226 g/mol. The third-order valence-corrected chi connectivity index (χ3v) is 3.23. The molecule has 0 fully saturated rings. The molecular formula is C15H21NO2. The van der Waals surface area contributed by atoms with Gasteiger partial charge in [0.1, 0.15) is 11.5 Å². The lowest BCUT2D eigenvalue weighted by Crippen LogP contribution is -2.00. The second-order valence-electron chi connectivity index (χ2n) is 4.95. The average Bonchev–Trinajstić information content (AvgIpc) is 2.78. The van der Waals surface area contributed by atoms with Crippen molar-refractivity contribution in [2.24, 2.45) is 5.92 Å². The van der Waals surface area contributed by atoms with Gasteiger partial charge in [0.25, 0.3) is 0 Å². The average molecular weight is 247 g/mol. The number of aryl methyl sites for hydroxylation is 1. The molecule has 0 aliphatic heterocycles. The van der Waals surface area contributed by atoms with Crippen LogP contribution in [0.15, 0.2) is 24.4 Å². The predicted molar refractivity (Wildman–Crippen MR) is 74.5 cm³/mol. The second kappa shape index (κ2) is 5.34. The summed E-state index contributed by atoms with van der Waals surface area (Å²) in [7, 11) is 3.38. The molecule has 0 saturated heterocycles. The number of hydrogen-bond acceptors (Lipinski definition) is 2. The molecule has 2 rings (SSSR count). The highest BCUT2D eigenvalue weighted by molar-refractivity contribution is 5.88. The van der Waals surface area contributed by atoms with Gasteiger partial charge in [-0.05, 0) is 18.4 Å². The first-order valence-corrected chi connectivity index (χ1v) is 6.36. The molecule has 0 N–H and O–H groups in total. The summed E-state index contributed by atoms with van der Waals surface area (Å²) in [5.74, 6) is 2.41. The summed E-state index contributed by atoms with van der Waals surface area (Å²) in [4.78, 5) is 0. The van der Waals surface area contributed by atoms with Crippen molar-refractivity contribution in [2.45, 2.75) is 26.8 Å². The first-order valence-electron chi connectivity index (χ1n) is 6.36. The molecule has 1 aromatic heterocycles. The Balaban J connectivity index is 2.43. The van der Waals surface area contributed by atoms with Crippen molar-refractivity contribution in [1.29, 1.82) is 0 Å². The Morgan fingerprint density at radius 3 is 2.56 bits per heavy atom. The number of methoxy groups -OCH3 is 2. The van der Waals surface area contributed by atoms with Crippen LogP contribution in [-0.4, -0.2) is 18.8 Å².